The van der Waals surface area contributed by atoms with Gasteiger partial charge in [0.05, 0.1) is 27.7 Å². The number of allylic oxidation sites excluding steroid dienone is 24. The van der Waals surface area contributed by atoms with E-state index in [1.807, 2.05) is 21.1 Å². The SMILES string of the molecule is CC/C=C\C/C=C\C/C=C\C/C=C\C/C=C\C/C=C\C/C=C\C/C=C\CCCCCCC(=O)OC(COC(=O)CCCCCCCCCCCCCCCCCC/C=C\C/C=C\C/C=C\C/C=C\CC)COP(=O)([O-])OCC[N+](C)(C)C. The molecule has 82 heavy (non-hydrogen) atoms. The maximum absolute atomic E-state index is 12.8. The molecule has 9 nitrogen and oxygen atoms in total. The molecule has 0 rings (SSSR count). The van der Waals surface area contributed by atoms with Gasteiger partial charge in [0.1, 0.15) is 19.8 Å². The van der Waals surface area contributed by atoms with Gasteiger partial charge in [-0.15, -0.1) is 0 Å². The maximum atomic E-state index is 12.8. The summed E-state index contributed by atoms with van der Waals surface area (Å²) in [4.78, 5) is 38.0. The Morgan fingerprint density at radius 1 is 0.378 bits per heavy atom. The zero-order valence-electron chi connectivity index (χ0n) is 52.9. The first-order valence-corrected chi connectivity index (χ1v) is 34.0. The molecule has 2 unspecified atom stereocenters. The molecular formula is C72H120NO8P. The highest BCUT2D eigenvalue weighted by atomic mass is 31.2. The smallest absolute Gasteiger partial charge is 0.306 e. The van der Waals surface area contributed by atoms with Gasteiger partial charge >= 0.3 is 11.9 Å². The molecule has 0 aliphatic carbocycles. The van der Waals surface area contributed by atoms with Crippen LogP contribution in [0.5, 0.6) is 0 Å². The van der Waals surface area contributed by atoms with Crippen LogP contribution in [0, 0.1) is 0 Å². The molecule has 0 saturated carbocycles. The van der Waals surface area contributed by atoms with Crippen molar-refractivity contribution in [1.29, 1.82) is 0 Å². The van der Waals surface area contributed by atoms with Crippen molar-refractivity contribution < 1.29 is 42.1 Å². The van der Waals surface area contributed by atoms with Gasteiger partial charge in [0.2, 0.25) is 0 Å². The maximum Gasteiger partial charge on any atom is 0.306 e. The molecule has 2 atom stereocenters. The molecule has 0 aromatic carbocycles. The largest absolute Gasteiger partial charge is 0.756 e. The first kappa shape index (κ1) is 77.9. The number of nitrogens with zero attached hydrogens (tertiary/aromatic N) is 1. The number of phosphoric ester groups is 1. The van der Waals surface area contributed by atoms with E-state index in [2.05, 4.69) is 160 Å². The first-order valence-electron chi connectivity index (χ1n) is 32.5. The predicted molar refractivity (Wildman–Crippen MR) is 350 cm³/mol. The molecule has 0 spiro atoms. The number of ether oxygens (including phenoxy) is 2. The van der Waals surface area contributed by atoms with Crippen molar-refractivity contribution in [1.82, 2.24) is 0 Å². The molecule has 0 bridgehead atoms. The van der Waals surface area contributed by atoms with Gasteiger partial charge in [0, 0.05) is 12.8 Å². The van der Waals surface area contributed by atoms with E-state index in [0.29, 0.717) is 17.4 Å². The minimum Gasteiger partial charge on any atom is -0.756 e. The van der Waals surface area contributed by atoms with Gasteiger partial charge in [-0.05, 0) is 116 Å². The van der Waals surface area contributed by atoms with Gasteiger partial charge in [-0.25, -0.2) is 0 Å². The van der Waals surface area contributed by atoms with E-state index < -0.39 is 32.5 Å². The Morgan fingerprint density at radius 3 is 0.976 bits per heavy atom. The molecule has 0 fully saturated rings. The molecule has 0 heterocycles. The lowest BCUT2D eigenvalue weighted by Gasteiger charge is -2.28. The third-order valence-corrected chi connectivity index (χ3v) is 14.3. The summed E-state index contributed by atoms with van der Waals surface area (Å²) >= 11 is 0. The Balaban J connectivity index is 4.19. The number of carbonyl (C=O) groups excluding carboxylic acids is 2. The molecule has 0 aromatic rings. The van der Waals surface area contributed by atoms with Crippen molar-refractivity contribution in [2.45, 2.75) is 251 Å². The number of unbranched alkanes of at least 4 members (excludes halogenated alkanes) is 20. The molecule has 0 aromatic heterocycles. The second-order valence-corrected chi connectivity index (χ2v) is 23.8. The number of quaternary nitrogens is 1. The Morgan fingerprint density at radius 2 is 0.659 bits per heavy atom. The van der Waals surface area contributed by atoms with E-state index in [9.17, 15) is 19.0 Å². The lowest BCUT2D eigenvalue weighted by atomic mass is 10.0. The minimum atomic E-state index is -4.66. The van der Waals surface area contributed by atoms with Gasteiger partial charge in [-0.3, -0.25) is 14.2 Å². The summed E-state index contributed by atoms with van der Waals surface area (Å²) in [7, 11) is 1.13. The molecular weight excluding hydrogens is 1040 g/mol. The summed E-state index contributed by atoms with van der Waals surface area (Å²) in [6.45, 7) is 3.98. The summed E-state index contributed by atoms with van der Waals surface area (Å²) in [6, 6.07) is 0. The van der Waals surface area contributed by atoms with Crippen molar-refractivity contribution in [2.75, 3.05) is 47.5 Å². The van der Waals surface area contributed by atoms with Crippen molar-refractivity contribution in [3.8, 4) is 0 Å². The number of hydrogen-bond donors (Lipinski definition) is 0. The highest BCUT2D eigenvalue weighted by molar-refractivity contribution is 7.45. The predicted octanol–water partition coefficient (Wildman–Crippen LogP) is 20.4. The number of likely N-dealkylation sites (N-methyl/N-ethyl adjacent to an activating group) is 1. The quantitative estimate of drug-likeness (QED) is 0.0195. The monoisotopic (exact) mass is 1160 g/mol. The Bertz CT molecular complexity index is 1890. The summed E-state index contributed by atoms with van der Waals surface area (Å²) in [6.07, 6.45) is 90.5. The highest BCUT2D eigenvalue weighted by Crippen LogP contribution is 2.38. The number of esters is 2. The van der Waals surface area contributed by atoms with Crippen LogP contribution in [-0.2, 0) is 32.7 Å². The number of carbonyl (C=O) groups is 2. The molecule has 0 N–H and O–H groups in total. The van der Waals surface area contributed by atoms with E-state index in [-0.39, 0.29) is 26.1 Å². The molecule has 0 aliphatic heterocycles. The molecule has 466 valence electrons. The van der Waals surface area contributed by atoms with Crippen LogP contribution in [-0.4, -0.2) is 70.0 Å². The first-order chi connectivity index (χ1) is 40.0. The number of hydrogen-bond acceptors (Lipinski definition) is 8. The van der Waals surface area contributed by atoms with E-state index >= 15 is 0 Å². The molecule has 0 amide bonds. The summed E-state index contributed by atoms with van der Waals surface area (Å²) in [5.74, 6) is -0.868. The van der Waals surface area contributed by atoms with Gasteiger partial charge in [0.25, 0.3) is 7.82 Å². The third-order valence-electron chi connectivity index (χ3n) is 13.4. The van der Waals surface area contributed by atoms with Crippen LogP contribution >= 0.6 is 7.82 Å². The Labute approximate surface area is 503 Å². The van der Waals surface area contributed by atoms with Crippen LogP contribution in [0.25, 0.3) is 0 Å². The standard InChI is InChI=1S/C72H120NO8P/c1-6-8-10-12-14-16-18-20-22-24-26-28-30-32-34-36-38-40-42-44-46-48-50-52-54-56-58-60-62-64-71(74)78-68-70(69-80-82(76,77)79-67-66-73(3,4)5)81-72(75)65-63-61-59-57-55-53-51-49-47-45-43-41-39-37-35-33-31-29-27-25-23-21-19-17-15-13-11-9-7-2/h8-11,14-17,20-23,26-29,33,35,39,41,45,47,51,53,70H,6-7,12-13,18-19,24-25,30-32,34,36-38,40,42-44,46,48-50,52,54-69H2,1-5H3/b10-8-,11-9-,16-14-,17-15-,22-20-,23-21-,28-26-,29-27-,35-33-,41-39-,47-45-,53-51-. The van der Waals surface area contributed by atoms with E-state index in [1.54, 1.807) is 0 Å². The summed E-state index contributed by atoms with van der Waals surface area (Å²) in [5, 5.41) is 0. The Kier molecular flexibility index (Phi) is 58.4. The van der Waals surface area contributed by atoms with Crippen LogP contribution in [0.15, 0.2) is 146 Å². The fraction of sp³-hybridized carbons (Fsp3) is 0.639. The van der Waals surface area contributed by atoms with E-state index in [4.69, 9.17) is 18.5 Å². The van der Waals surface area contributed by atoms with Gasteiger partial charge in [0.15, 0.2) is 6.10 Å². The second-order valence-electron chi connectivity index (χ2n) is 22.4. The molecule has 0 aliphatic rings. The van der Waals surface area contributed by atoms with Gasteiger partial charge in [-0.1, -0.05) is 262 Å². The number of phosphoric acid groups is 1. The second kappa shape index (κ2) is 61.5. The number of rotatable bonds is 58. The van der Waals surface area contributed by atoms with E-state index in [1.165, 1.54) is 89.9 Å². The normalized spacial score (nSPS) is 14.2. The van der Waals surface area contributed by atoms with Crippen LogP contribution in [0.1, 0.15) is 245 Å². The summed E-state index contributed by atoms with van der Waals surface area (Å²) in [5.41, 5.74) is 0. The van der Waals surface area contributed by atoms with Crippen molar-refractivity contribution >= 4 is 19.8 Å². The summed E-state index contributed by atoms with van der Waals surface area (Å²) < 4.78 is 34.2. The average molecular weight is 1160 g/mol. The topological polar surface area (TPSA) is 111 Å². The van der Waals surface area contributed by atoms with Gasteiger partial charge in [-0.2, -0.15) is 0 Å². The van der Waals surface area contributed by atoms with Crippen LogP contribution in [0.3, 0.4) is 0 Å². The van der Waals surface area contributed by atoms with Crippen molar-refractivity contribution in [3.05, 3.63) is 146 Å². The van der Waals surface area contributed by atoms with Crippen LogP contribution in [0.4, 0.5) is 0 Å². The zero-order chi connectivity index (χ0) is 59.8. The van der Waals surface area contributed by atoms with Crippen molar-refractivity contribution in [3.63, 3.8) is 0 Å². The van der Waals surface area contributed by atoms with Crippen LogP contribution in [0.2, 0.25) is 0 Å². The zero-order valence-corrected chi connectivity index (χ0v) is 53.8. The highest BCUT2D eigenvalue weighted by Gasteiger charge is 2.22. The van der Waals surface area contributed by atoms with E-state index in [0.717, 1.165) is 122 Å². The average Bonchev–Trinajstić information content (AvgIpc) is 3.45. The Hall–Kier alpha value is -4.11. The van der Waals surface area contributed by atoms with Gasteiger partial charge < -0.3 is 27.9 Å². The van der Waals surface area contributed by atoms with Crippen molar-refractivity contribution in [2.24, 2.45) is 0 Å². The molecule has 10 heteroatoms. The van der Waals surface area contributed by atoms with Crippen LogP contribution < -0.4 is 4.89 Å². The fourth-order valence-electron chi connectivity index (χ4n) is 8.43. The minimum absolute atomic E-state index is 0.0435. The lowest BCUT2D eigenvalue weighted by molar-refractivity contribution is -0.870. The molecule has 0 radical (unpaired) electrons. The lowest BCUT2D eigenvalue weighted by Crippen LogP contribution is -2.37. The molecule has 0 saturated heterocycles. The third kappa shape index (κ3) is 65.0. The fourth-order valence-corrected chi connectivity index (χ4v) is 9.16.